The molecular weight excluding hydrogens is 208 g/mol. The Kier molecular flexibility index (Phi) is 3.56. The van der Waals surface area contributed by atoms with Crippen molar-refractivity contribution in [3.05, 3.63) is 0 Å². The molecule has 0 aromatic rings. The fourth-order valence-corrected chi connectivity index (χ4v) is 1.99. The van der Waals surface area contributed by atoms with E-state index in [0.29, 0.717) is 31.9 Å². The maximum Gasteiger partial charge on any atom is 0.248 e. The summed E-state index contributed by atoms with van der Waals surface area (Å²) in [6.07, 6.45) is 1.51. The fraction of sp³-hybridized carbons (Fsp3) is 0.818. The van der Waals surface area contributed by atoms with Crippen molar-refractivity contribution in [1.82, 2.24) is 5.01 Å². The van der Waals surface area contributed by atoms with Crippen LogP contribution in [0.1, 0.15) is 26.2 Å². The molecule has 0 bridgehead atoms. The Morgan fingerprint density at radius 2 is 2.50 bits per heavy atom. The second-order valence-corrected chi connectivity index (χ2v) is 4.37. The van der Waals surface area contributed by atoms with Gasteiger partial charge in [0.25, 0.3) is 0 Å². The normalized spacial score (nSPS) is 27.4. The number of aliphatic hydroxyl groups excluding tert-OH is 1. The van der Waals surface area contributed by atoms with Crippen LogP contribution in [0.3, 0.4) is 0 Å². The van der Waals surface area contributed by atoms with Gasteiger partial charge in [0, 0.05) is 12.5 Å². The summed E-state index contributed by atoms with van der Waals surface area (Å²) in [4.78, 5) is 11.7. The van der Waals surface area contributed by atoms with E-state index in [-0.39, 0.29) is 5.91 Å². The minimum absolute atomic E-state index is 0.00519. The molecule has 2 aliphatic heterocycles. The molecule has 1 fully saturated rings. The number of amides is 1. The molecule has 2 atom stereocenters. The van der Waals surface area contributed by atoms with Crippen molar-refractivity contribution in [3.63, 3.8) is 0 Å². The maximum atomic E-state index is 11.7. The van der Waals surface area contributed by atoms with E-state index in [1.54, 1.807) is 0 Å². The predicted molar refractivity (Wildman–Crippen MR) is 59.0 cm³/mol. The Hall–Kier alpha value is -0.940. The van der Waals surface area contributed by atoms with E-state index >= 15 is 0 Å². The van der Waals surface area contributed by atoms with Gasteiger partial charge in [0.15, 0.2) is 0 Å². The van der Waals surface area contributed by atoms with Gasteiger partial charge in [-0.15, -0.1) is 0 Å². The molecule has 0 radical (unpaired) electrons. The van der Waals surface area contributed by atoms with Gasteiger partial charge in [-0.05, 0) is 12.8 Å². The van der Waals surface area contributed by atoms with Crippen molar-refractivity contribution in [2.45, 2.75) is 32.3 Å². The first-order chi connectivity index (χ1) is 7.70. The average molecular weight is 226 g/mol. The molecule has 0 spiro atoms. The van der Waals surface area contributed by atoms with Gasteiger partial charge < -0.3 is 9.84 Å². The van der Waals surface area contributed by atoms with E-state index < -0.39 is 6.10 Å². The van der Waals surface area contributed by atoms with Gasteiger partial charge in [-0.3, -0.25) is 4.79 Å². The Balaban J connectivity index is 1.96. The fourth-order valence-electron chi connectivity index (χ4n) is 1.99. The van der Waals surface area contributed by atoms with Crippen LogP contribution in [0.4, 0.5) is 0 Å². The van der Waals surface area contributed by atoms with Crippen molar-refractivity contribution >= 4 is 11.6 Å². The highest BCUT2D eigenvalue weighted by molar-refractivity contribution is 6.06. The molecule has 2 rings (SSSR count). The van der Waals surface area contributed by atoms with Gasteiger partial charge in [-0.1, -0.05) is 6.92 Å². The summed E-state index contributed by atoms with van der Waals surface area (Å²) < 4.78 is 5.28. The molecule has 5 nitrogen and oxygen atoms in total. The third-order valence-corrected chi connectivity index (χ3v) is 3.13. The van der Waals surface area contributed by atoms with E-state index in [4.69, 9.17) is 4.74 Å². The van der Waals surface area contributed by atoms with Crippen LogP contribution in [0.5, 0.6) is 0 Å². The monoisotopic (exact) mass is 226 g/mol. The smallest absolute Gasteiger partial charge is 0.248 e. The lowest BCUT2D eigenvalue weighted by Crippen LogP contribution is -2.29. The molecular formula is C11H18N2O3. The Morgan fingerprint density at radius 3 is 3.12 bits per heavy atom. The molecule has 90 valence electrons. The van der Waals surface area contributed by atoms with Crippen molar-refractivity contribution < 1.29 is 14.6 Å². The number of hydrogen-bond acceptors (Lipinski definition) is 4. The highest BCUT2D eigenvalue weighted by Gasteiger charge is 2.31. The Labute approximate surface area is 95.1 Å². The SMILES string of the molecule is CCC(O)CN1N=C(C2CCOC2)CC1=O. The number of ether oxygens (including phenoxy) is 1. The van der Waals surface area contributed by atoms with Crippen molar-refractivity contribution in [2.75, 3.05) is 19.8 Å². The zero-order chi connectivity index (χ0) is 11.5. The number of hydrazone groups is 1. The highest BCUT2D eigenvalue weighted by Crippen LogP contribution is 2.21. The van der Waals surface area contributed by atoms with E-state index in [9.17, 15) is 9.90 Å². The van der Waals surface area contributed by atoms with Crippen LogP contribution in [0.2, 0.25) is 0 Å². The maximum absolute atomic E-state index is 11.7. The molecule has 0 aromatic carbocycles. The van der Waals surface area contributed by atoms with Gasteiger partial charge >= 0.3 is 0 Å². The van der Waals surface area contributed by atoms with Crippen molar-refractivity contribution in [1.29, 1.82) is 0 Å². The molecule has 1 saturated heterocycles. The Bertz CT molecular complexity index is 298. The molecule has 0 aromatic heterocycles. The van der Waals surface area contributed by atoms with Crippen LogP contribution < -0.4 is 0 Å². The summed E-state index contributed by atoms with van der Waals surface area (Å²) in [6, 6.07) is 0. The minimum atomic E-state index is -0.480. The molecule has 16 heavy (non-hydrogen) atoms. The third-order valence-electron chi connectivity index (χ3n) is 3.13. The number of β-amino-alcohol motifs (C(OH)–C–C–N with tert-alkyl or cyclic N) is 1. The number of nitrogens with zero attached hydrogens (tertiary/aromatic N) is 2. The molecule has 0 aliphatic carbocycles. The first-order valence-electron chi connectivity index (χ1n) is 5.84. The van der Waals surface area contributed by atoms with E-state index in [1.807, 2.05) is 6.92 Å². The molecule has 1 amide bonds. The number of hydrogen-bond donors (Lipinski definition) is 1. The summed E-state index contributed by atoms with van der Waals surface area (Å²) in [5.41, 5.74) is 0.922. The van der Waals surface area contributed by atoms with E-state index in [1.165, 1.54) is 5.01 Å². The standard InChI is InChI=1S/C11H18N2O3/c1-2-9(14)6-13-11(15)5-10(12-13)8-3-4-16-7-8/h8-9,14H,2-7H2,1H3. The second kappa shape index (κ2) is 4.93. The largest absolute Gasteiger partial charge is 0.391 e. The van der Waals surface area contributed by atoms with Crippen LogP contribution in [-0.2, 0) is 9.53 Å². The van der Waals surface area contributed by atoms with E-state index in [0.717, 1.165) is 18.7 Å². The summed E-state index contributed by atoms with van der Waals surface area (Å²) >= 11 is 0. The van der Waals surface area contributed by atoms with Crippen LogP contribution >= 0.6 is 0 Å². The summed E-state index contributed by atoms with van der Waals surface area (Å²) in [5, 5.41) is 15.2. The number of carbonyl (C=O) groups is 1. The molecule has 1 N–H and O–H groups in total. The van der Waals surface area contributed by atoms with Gasteiger partial charge in [0.05, 0.1) is 31.4 Å². The average Bonchev–Trinajstić information content (AvgIpc) is 2.88. The summed E-state index contributed by atoms with van der Waals surface area (Å²) in [5.74, 6) is 0.294. The lowest BCUT2D eigenvalue weighted by molar-refractivity contribution is -0.130. The van der Waals surface area contributed by atoms with Crippen molar-refractivity contribution in [2.24, 2.45) is 11.0 Å². The van der Waals surface area contributed by atoms with Crippen LogP contribution in [-0.4, -0.2) is 47.6 Å². The van der Waals surface area contributed by atoms with Gasteiger partial charge in [0.2, 0.25) is 5.91 Å². The van der Waals surface area contributed by atoms with Gasteiger partial charge in [-0.25, -0.2) is 5.01 Å². The number of aliphatic hydroxyl groups is 1. The first kappa shape index (κ1) is 11.5. The van der Waals surface area contributed by atoms with Crippen molar-refractivity contribution in [3.8, 4) is 0 Å². The molecule has 2 unspecified atom stereocenters. The number of carbonyl (C=O) groups excluding carboxylic acids is 1. The first-order valence-corrected chi connectivity index (χ1v) is 5.84. The second-order valence-electron chi connectivity index (χ2n) is 4.37. The molecule has 0 saturated carbocycles. The molecule has 2 aliphatic rings. The third kappa shape index (κ3) is 2.41. The highest BCUT2D eigenvalue weighted by atomic mass is 16.5. The van der Waals surface area contributed by atoms with Gasteiger partial charge in [0.1, 0.15) is 0 Å². The van der Waals surface area contributed by atoms with Gasteiger partial charge in [-0.2, -0.15) is 5.10 Å². The number of rotatable bonds is 4. The van der Waals surface area contributed by atoms with E-state index in [2.05, 4.69) is 5.10 Å². The Morgan fingerprint density at radius 1 is 1.69 bits per heavy atom. The predicted octanol–water partition coefficient (Wildman–Crippen LogP) is 0.382. The molecule has 5 heteroatoms. The lowest BCUT2D eigenvalue weighted by Gasteiger charge is -2.15. The molecule has 2 heterocycles. The summed E-state index contributed by atoms with van der Waals surface area (Å²) in [7, 11) is 0. The zero-order valence-electron chi connectivity index (χ0n) is 9.56. The summed E-state index contributed by atoms with van der Waals surface area (Å²) in [6.45, 7) is 3.64. The van der Waals surface area contributed by atoms with Crippen LogP contribution in [0.25, 0.3) is 0 Å². The zero-order valence-corrected chi connectivity index (χ0v) is 9.56. The topological polar surface area (TPSA) is 62.1 Å². The van der Waals surface area contributed by atoms with Crippen LogP contribution in [0.15, 0.2) is 5.10 Å². The minimum Gasteiger partial charge on any atom is -0.391 e. The lowest BCUT2D eigenvalue weighted by atomic mass is 10.0. The quantitative estimate of drug-likeness (QED) is 0.754. The van der Waals surface area contributed by atoms with Crippen LogP contribution in [0, 0.1) is 5.92 Å².